The van der Waals surface area contributed by atoms with Crippen LogP contribution in [0.1, 0.15) is 46.4 Å². The number of carbonyl (C=O) groups is 3. The van der Waals surface area contributed by atoms with Gasteiger partial charge in [0.1, 0.15) is 10.6 Å². The number of aromatic nitrogens is 2. The smallest absolute Gasteiger partial charge is 0.348 e. The molecule has 210 valence electrons. The van der Waals surface area contributed by atoms with E-state index < -0.39 is 17.3 Å². The minimum absolute atomic E-state index is 0.00202. The van der Waals surface area contributed by atoms with Gasteiger partial charge in [0.25, 0.3) is 5.91 Å². The van der Waals surface area contributed by atoms with E-state index >= 15 is 0 Å². The van der Waals surface area contributed by atoms with Crippen molar-refractivity contribution in [3.8, 4) is 5.75 Å². The van der Waals surface area contributed by atoms with Crippen LogP contribution in [0.15, 0.2) is 36.4 Å². The summed E-state index contributed by atoms with van der Waals surface area (Å²) < 4.78 is 6.37. The number of hydrogen-bond donors (Lipinski definition) is 4. The fourth-order valence-corrected chi connectivity index (χ4v) is 5.07. The first-order valence-corrected chi connectivity index (χ1v) is 13.6. The molecule has 0 unspecified atom stereocenters. The number of benzene rings is 2. The standard InChI is InChI=1S/C27H27Cl2N5O5S/c1-27(2,3)25(38)30-12-13-6-7-15(28)22(21(13)29)33-26-31-16-10-14(18(35)11-17(16)34(26)4)23(36)32-20-9-8-19(40-20)24(37)39-5/h6-11,35H,12H2,1-5H3,(H,30,38)(H,31,33)(H,32,36). The summed E-state index contributed by atoms with van der Waals surface area (Å²) in [5.41, 5.74) is 1.47. The van der Waals surface area contributed by atoms with E-state index in [0.717, 1.165) is 11.3 Å². The fourth-order valence-electron chi connectivity index (χ4n) is 3.71. The molecule has 0 fully saturated rings. The van der Waals surface area contributed by atoms with Crippen molar-refractivity contribution in [3.05, 3.63) is 62.4 Å². The number of hydrogen-bond acceptors (Lipinski definition) is 8. The molecule has 10 nitrogen and oxygen atoms in total. The minimum atomic E-state index is -0.575. The van der Waals surface area contributed by atoms with Crippen LogP contribution in [-0.2, 0) is 23.1 Å². The zero-order chi connectivity index (χ0) is 29.4. The van der Waals surface area contributed by atoms with Gasteiger partial charge in [-0.2, -0.15) is 0 Å². The molecule has 0 aliphatic heterocycles. The van der Waals surface area contributed by atoms with Crippen molar-refractivity contribution in [2.75, 3.05) is 17.7 Å². The lowest BCUT2D eigenvalue weighted by atomic mass is 9.95. The Balaban J connectivity index is 1.59. The topological polar surface area (TPSA) is 135 Å². The van der Waals surface area contributed by atoms with E-state index in [1.807, 2.05) is 20.8 Å². The van der Waals surface area contributed by atoms with Crippen LogP contribution in [0, 0.1) is 5.41 Å². The largest absolute Gasteiger partial charge is 0.507 e. The number of imidazole rings is 1. The van der Waals surface area contributed by atoms with Crippen molar-refractivity contribution >= 4 is 80.0 Å². The van der Waals surface area contributed by atoms with Crippen molar-refractivity contribution in [3.63, 3.8) is 0 Å². The zero-order valence-corrected chi connectivity index (χ0v) is 24.6. The first-order valence-electron chi connectivity index (χ1n) is 12.0. The van der Waals surface area contributed by atoms with Gasteiger partial charge >= 0.3 is 5.97 Å². The van der Waals surface area contributed by atoms with E-state index in [1.54, 1.807) is 29.8 Å². The van der Waals surface area contributed by atoms with E-state index in [2.05, 4.69) is 25.7 Å². The number of fused-ring (bicyclic) bond motifs is 1. The van der Waals surface area contributed by atoms with Crippen LogP contribution in [0.3, 0.4) is 0 Å². The maximum absolute atomic E-state index is 12.9. The highest BCUT2D eigenvalue weighted by Gasteiger charge is 2.22. The number of ether oxygens (including phenoxy) is 1. The first kappa shape index (κ1) is 29.2. The van der Waals surface area contributed by atoms with Gasteiger partial charge in [-0.15, -0.1) is 11.3 Å². The lowest BCUT2D eigenvalue weighted by Gasteiger charge is -2.19. The monoisotopic (exact) mass is 603 g/mol. The van der Waals surface area contributed by atoms with Gasteiger partial charge in [0.15, 0.2) is 0 Å². The maximum Gasteiger partial charge on any atom is 0.348 e. The number of rotatable bonds is 7. The number of aromatic hydroxyl groups is 1. The van der Waals surface area contributed by atoms with Crippen LogP contribution in [-0.4, -0.2) is 39.6 Å². The number of amides is 2. The zero-order valence-electron chi connectivity index (χ0n) is 22.3. The molecule has 0 bridgehead atoms. The van der Waals surface area contributed by atoms with Crippen molar-refractivity contribution in [2.45, 2.75) is 27.3 Å². The van der Waals surface area contributed by atoms with Crippen LogP contribution >= 0.6 is 34.5 Å². The molecule has 0 saturated carbocycles. The highest BCUT2D eigenvalue weighted by Crippen LogP contribution is 2.37. The summed E-state index contributed by atoms with van der Waals surface area (Å²) in [6.07, 6.45) is 0. The van der Waals surface area contributed by atoms with Crippen molar-refractivity contribution < 1.29 is 24.2 Å². The fraction of sp³-hybridized carbons (Fsp3) is 0.259. The second-order valence-corrected chi connectivity index (χ2v) is 11.8. The molecule has 0 atom stereocenters. The van der Waals surface area contributed by atoms with Crippen molar-refractivity contribution in [2.24, 2.45) is 12.5 Å². The molecular formula is C27H27Cl2N5O5S. The number of halogens is 2. The molecule has 13 heteroatoms. The van der Waals surface area contributed by atoms with Gasteiger partial charge in [-0.1, -0.05) is 50.0 Å². The molecule has 2 aromatic carbocycles. The van der Waals surface area contributed by atoms with E-state index in [0.29, 0.717) is 48.2 Å². The summed E-state index contributed by atoms with van der Waals surface area (Å²) in [5, 5.41) is 20.4. The van der Waals surface area contributed by atoms with E-state index in [1.165, 1.54) is 25.3 Å². The number of nitrogens with zero attached hydrogens (tertiary/aromatic N) is 2. The Bertz CT molecular complexity index is 1640. The molecule has 2 aromatic heterocycles. The Kier molecular flexibility index (Phi) is 8.29. The van der Waals surface area contributed by atoms with Crippen molar-refractivity contribution in [1.29, 1.82) is 0 Å². The average molecular weight is 605 g/mol. The summed E-state index contributed by atoms with van der Waals surface area (Å²) in [6.45, 7) is 5.67. The summed E-state index contributed by atoms with van der Waals surface area (Å²) in [5.74, 6) is -1.10. The SMILES string of the molecule is COC(=O)c1ccc(NC(=O)c2cc3nc(Nc4c(Cl)ccc(CNC(=O)C(C)(C)C)c4Cl)n(C)c3cc2O)s1. The number of esters is 1. The quantitative estimate of drug-likeness (QED) is 0.188. The molecule has 4 N–H and O–H groups in total. The van der Waals surface area contributed by atoms with Gasteiger partial charge in [0.2, 0.25) is 11.9 Å². The third kappa shape index (κ3) is 6.01. The number of carbonyl (C=O) groups excluding carboxylic acids is 3. The third-order valence-corrected chi connectivity index (χ3v) is 7.73. The minimum Gasteiger partial charge on any atom is -0.507 e. The summed E-state index contributed by atoms with van der Waals surface area (Å²) >= 11 is 14.2. The Morgan fingerprint density at radius 3 is 2.52 bits per heavy atom. The number of aryl methyl sites for hydroxylation is 1. The average Bonchev–Trinajstić information content (AvgIpc) is 3.48. The Morgan fingerprint density at radius 2 is 1.85 bits per heavy atom. The molecule has 0 spiro atoms. The molecule has 0 aliphatic rings. The molecule has 40 heavy (non-hydrogen) atoms. The van der Waals surface area contributed by atoms with Gasteiger partial charge in [-0.25, -0.2) is 9.78 Å². The highest BCUT2D eigenvalue weighted by molar-refractivity contribution is 7.18. The predicted molar refractivity (Wildman–Crippen MR) is 157 cm³/mol. The predicted octanol–water partition coefficient (Wildman–Crippen LogP) is 6.09. The number of phenols is 1. The third-order valence-electron chi connectivity index (χ3n) is 6.00. The van der Waals surface area contributed by atoms with Crippen LogP contribution in [0.25, 0.3) is 11.0 Å². The number of methoxy groups -OCH3 is 1. The van der Waals surface area contributed by atoms with E-state index in [-0.39, 0.29) is 23.8 Å². The molecule has 0 radical (unpaired) electrons. The molecular weight excluding hydrogens is 577 g/mol. The Hall–Kier alpha value is -3.80. The normalized spacial score (nSPS) is 11.4. The van der Waals surface area contributed by atoms with Crippen LogP contribution in [0.5, 0.6) is 5.75 Å². The summed E-state index contributed by atoms with van der Waals surface area (Å²) in [7, 11) is 3.00. The molecule has 4 aromatic rings. The Morgan fingerprint density at radius 1 is 1.12 bits per heavy atom. The lowest BCUT2D eigenvalue weighted by molar-refractivity contribution is -0.128. The number of nitrogens with one attached hydrogen (secondary N) is 3. The molecule has 4 rings (SSSR count). The lowest BCUT2D eigenvalue weighted by Crippen LogP contribution is -2.34. The number of anilines is 3. The van der Waals surface area contributed by atoms with Crippen LogP contribution in [0.2, 0.25) is 10.0 Å². The second-order valence-electron chi connectivity index (χ2n) is 9.92. The van der Waals surface area contributed by atoms with Crippen LogP contribution in [0.4, 0.5) is 16.6 Å². The Labute approximate surface area is 244 Å². The number of phenolic OH excluding ortho intramolecular Hbond substituents is 1. The first-order chi connectivity index (χ1) is 18.8. The van der Waals surface area contributed by atoms with E-state index in [9.17, 15) is 19.5 Å². The van der Waals surface area contributed by atoms with Crippen LogP contribution < -0.4 is 16.0 Å². The van der Waals surface area contributed by atoms with Gasteiger partial charge in [-0.3, -0.25) is 9.59 Å². The second kappa shape index (κ2) is 11.4. The molecule has 2 amide bonds. The van der Waals surface area contributed by atoms with Crippen molar-refractivity contribution in [1.82, 2.24) is 14.9 Å². The molecule has 2 heterocycles. The summed E-state index contributed by atoms with van der Waals surface area (Å²) in [4.78, 5) is 41.8. The maximum atomic E-state index is 12.9. The molecule has 0 aliphatic carbocycles. The van der Waals surface area contributed by atoms with E-state index in [4.69, 9.17) is 23.2 Å². The van der Waals surface area contributed by atoms with Gasteiger partial charge < -0.3 is 30.4 Å². The van der Waals surface area contributed by atoms with Gasteiger partial charge in [0.05, 0.1) is 44.4 Å². The highest BCUT2D eigenvalue weighted by atomic mass is 35.5. The van der Waals surface area contributed by atoms with Gasteiger partial charge in [-0.05, 0) is 29.8 Å². The summed E-state index contributed by atoms with van der Waals surface area (Å²) in [6, 6.07) is 9.40. The molecule has 0 saturated heterocycles. The number of thiophene rings is 1. The van der Waals surface area contributed by atoms with Gasteiger partial charge in [0, 0.05) is 25.1 Å².